The molecular weight excluding hydrogens is 226 g/mol. The van der Waals surface area contributed by atoms with Crippen molar-refractivity contribution in [3.05, 3.63) is 0 Å². The molecule has 1 radical (unpaired) electrons. The van der Waals surface area contributed by atoms with Gasteiger partial charge >= 0.3 is 6.41 Å². The Hall–Kier alpha value is 0.170. The number of hydrogen-bond donors (Lipinski definition) is 0. The zero-order valence-corrected chi connectivity index (χ0v) is 11.5. The molecule has 0 fully saturated rings. The second-order valence-electron chi connectivity index (χ2n) is 3.43. The van der Waals surface area contributed by atoms with Gasteiger partial charge in [0.1, 0.15) is 0 Å². The minimum Gasteiger partial charge on any atom is -0.261 e. The lowest BCUT2D eigenvalue weighted by atomic mass is 10.3. The third-order valence-corrected chi connectivity index (χ3v) is 4.18. The maximum Gasteiger partial charge on any atom is 0.334 e. The van der Waals surface area contributed by atoms with E-state index in [1.807, 2.05) is 6.41 Å². The number of amides is 1. The largest absolute Gasteiger partial charge is 0.334 e. The molecule has 0 aromatic heterocycles. The van der Waals surface area contributed by atoms with Gasteiger partial charge < -0.3 is 0 Å². The van der Waals surface area contributed by atoms with Crippen LogP contribution in [0.5, 0.6) is 0 Å². The van der Waals surface area contributed by atoms with E-state index in [1.165, 1.54) is 38.5 Å². The maximum absolute atomic E-state index is 10.6. The van der Waals surface area contributed by atoms with E-state index in [2.05, 4.69) is 13.8 Å². The SMILES string of the molecule is CCCCCSN([C]=O)SCCCCC. The molecule has 0 rings (SSSR count). The normalized spacial score (nSPS) is 10.3. The molecule has 0 heterocycles. The van der Waals surface area contributed by atoms with Gasteiger partial charge in [-0.1, -0.05) is 39.5 Å². The fourth-order valence-corrected chi connectivity index (χ4v) is 2.94. The number of unbranched alkanes of at least 4 members (excludes halogenated alkanes) is 4. The first-order valence-corrected chi connectivity index (χ1v) is 7.67. The van der Waals surface area contributed by atoms with Crippen LogP contribution in [-0.2, 0) is 4.79 Å². The maximum atomic E-state index is 10.6. The van der Waals surface area contributed by atoms with E-state index in [-0.39, 0.29) is 0 Å². The Morgan fingerprint density at radius 1 is 0.933 bits per heavy atom. The average molecular weight is 248 g/mol. The Labute approximate surface area is 103 Å². The molecule has 0 aromatic rings. The molecule has 0 aliphatic rings. The molecule has 4 heteroatoms. The third-order valence-electron chi connectivity index (χ3n) is 1.99. The molecule has 0 N–H and O–H groups in total. The van der Waals surface area contributed by atoms with Crippen LogP contribution >= 0.6 is 23.9 Å². The minimum absolute atomic E-state index is 1.03. The Bertz CT molecular complexity index is 133. The van der Waals surface area contributed by atoms with Crippen LogP contribution in [0.3, 0.4) is 0 Å². The van der Waals surface area contributed by atoms with E-state index < -0.39 is 0 Å². The molecule has 0 bridgehead atoms. The molecule has 89 valence electrons. The predicted octanol–water partition coefficient (Wildman–Crippen LogP) is 4.03. The van der Waals surface area contributed by atoms with Crippen molar-refractivity contribution in [2.75, 3.05) is 11.5 Å². The average Bonchev–Trinajstić information content (AvgIpc) is 2.27. The van der Waals surface area contributed by atoms with Crippen molar-refractivity contribution in [3.8, 4) is 0 Å². The van der Waals surface area contributed by atoms with Crippen LogP contribution in [0.2, 0.25) is 0 Å². The summed E-state index contributed by atoms with van der Waals surface area (Å²) in [5.74, 6) is 2.06. The molecule has 0 unspecified atom stereocenters. The Kier molecular flexibility index (Phi) is 12.4. The van der Waals surface area contributed by atoms with Gasteiger partial charge in [-0.2, -0.15) is 0 Å². The van der Waals surface area contributed by atoms with Crippen molar-refractivity contribution in [3.63, 3.8) is 0 Å². The summed E-state index contributed by atoms with van der Waals surface area (Å²) in [4.78, 5) is 10.6. The number of nitrogens with zero attached hydrogens (tertiary/aromatic N) is 1. The van der Waals surface area contributed by atoms with Crippen LogP contribution in [-0.4, -0.2) is 21.6 Å². The van der Waals surface area contributed by atoms with Gasteiger partial charge in [-0.3, -0.25) is 4.79 Å². The zero-order valence-electron chi connectivity index (χ0n) is 9.83. The lowest BCUT2D eigenvalue weighted by molar-refractivity contribution is 0.542. The molecule has 0 saturated carbocycles. The minimum atomic E-state index is 1.03. The van der Waals surface area contributed by atoms with Gasteiger partial charge in [0, 0.05) is 11.5 Å². The lowest BCUT2D eigenvalue weighted by Crippen LogP contribution is -2.05. The highest BCUT2D eigenvalue weighted by atomic mass is 32.2. The van der Waals surface area contributed by atoms with Crippen molar-refractivity contribution in [2.24, 2.45) is 0 Å². The summed E-state index contributed by atoms with van der Waals surface area (Å²) in [7, 11) is 0. The summed E-state index contributed by atoms with van der Waals surface area (Å²) >= 11 is 3.18. The fraction of sp³-hybridized carbons (Fsp3) is 0.909. The lowest BCUT2D eigenvalue weighted by Gasteiger charge is -2.12. The van der Waals surface area contributed by atoms with Crippen LogP contribution in [0.25, 0.3) is 0 Å². The van der Waals surface area contributed by atoms with Crippen molar-refractivity contribution in [2.45, 2.75) is 52.4 Å². The summed E-state index contributed by atoms with van der Waals surface area (Å²) < 4.78 is 1.64. The first kappa shape index (κ1) is 15.2. The van der Waals surface area contributed by atoms with E-state index in [4.69, 9.17) is 0 Å². The number of carbonyl (C=O) groups excluding carboxylic acids is 1. The van der Waals surface area contributed by atoms with E-state index in [0.29, 0.717) is 0 Å². The van der Waals surface area contributed by atoms with Gasteiger partial charge in [-0.25, -0.2) is 3.71 Å². The topological polar surface area (TPSA) is 20.3 Å². The molecule has 0 aromatic carbocycles. The van der Waals surface area contributed by atoms with Crippen molar-refractivity contribution < 1.29 is 4.79 Å². The van der Waals surface area contributed by atoms with Crippen LogP contribution in [0.1, 0.15) is 52.4 Å². The highest BCUT2D eigenvalue weighted by Crippen LogP contribution is 2.21. The van der Waals surface area contributed by atoms with Gasteiger partial charge in [-0.15, -0.1) is 0 Å². The second-order valence-corrected chi connectivity index (χ2v) is 5.72. The van der Waals surface area contributed by atoms with E-state index in [9.17, 15) is 4.79 Å². The third kappa shape index (κ3) is 10.5. The molecule has 2 nitrogen and oxygen atoms in total. The van der Waals surface area contributed by atoms with Crippen LogP contribution in [0, 0.1) is 0 Å². The van der Waals surface area contributed by atoms with Crippen molar-refractivity contribution >= 4 is 30.3 Å². The number of hydrogen-bond acceptors (Lipinski definition) is 3. The zero-order chi connectivity index (χ0) is 11.4. The first-order chi connectivity index (χ1) is 7.35. The van der Waals surface area contributed by atoms with Crippen LogP contribution < -0.4 is 0 Å². The van der Waals surface area contributed by atoms with E-state index in [0.717, 1.165) is 11.5 Å². The van der Waals surface area contributed by atoms with Gasteiger partial charge in [0.25, 0.3) is 0 Å². The van der Waals surface area contributed by atoms with E-state index >= 15 is 0 Å². The molecule has 0 aliphatic heterocycles. The highest BCUT2D eigenvalue weighted by Gasteiger charge is 2.03. The molecule has 0 saturated heterocycles. The van der Waals surface area contributed by atoms with Crippen LogP contribution in [0.15, 0.2) is 0 Å². The molecule has 15 heavy (non-hydrogen) atoms. The molecule has 0 aliphatic carbocycles. The predicted molar refractivity (Wildman–Crippen MR) is 71.5 cm³/mol. The van der Waals surface area contributed by atoms with Gasteiger partial charge in [0.05, 0.1) is 0 Å². The van der Waals surface area contributed by atoms with Gasteiger partial charge in [-0.05, 0) is 36.7 Å². The van der Waals surface area contributed by atoms with Gasteiger partial charge in [0.15, 0.2) is 0 Å². The molecule has 0 spiro atoms. The van der Waals surface area contributed by atoms with E-state index in [1.54, 1.807) is 27.6 Å². The summed E-state index contributed by atoms with van der Waals surface area (Å²) in [6, 6.07) is 0. The quantitative estimate of drug-likeness (QED) is 0.313. The standard InChI is InChI=1S/C11H22NOS2/c1-3-5-7-9-14-12(11-13)15-10-8-6-4-2/h3-10H2,1-2H3. The summed E-state index contributed by atoms with van der Waals surface area (Å²) in [6.07, 6.45) is 9.31. The smallest absolute Gasteiger partial charge is 0.261 e. The molecule has 0 atom stereocenters. The fourth-order valence-electron chi connectivity index (χ4n) is 1.09. The molecule has 1 amide bonds. The van der Waals surface area contributed by atoms with Crippen molar-refractivity contribution in [1.29, 1.82) is 0 Å². The first-order valence-electron chi connectivity index (χ1n) is 5.78. The Morgan fingerprint density at radius 3 is 1.73 bits per heavy atom. The monoisotopic (exact) mass is 248 g/mol. The summed E-state index contributed by atoms with van der Waals surface area (Å²) in [5, 5.41) is 0. The summed E-state index contributed by atoms with van der Waals surface area (Å²) in [6.45, 7) is 4.38. The van der Waals surface area contributed by atoms with Gasteiger partial charge in [0.2, 0.25) is 0 Å². The number of rotatable bonds is 11. The Morgan fingerprint density at radius 2 is 1.40 bits per heavy atom. The Balaban J connectivity index is 3.34. The second kappa shape index (κ2) is 12.2. The van der Waals surface area contributed by atoms with Crippen molar-refractivity contribution in [1.82, 2.24) is 3.71 Å². The van der Waals surface area contributed by atoms with Crippen LogP contribution in [0.4, 0.5) is 0 Å². The molecular formula is C11H22NOS2. The highest BCUT2D eigenvalue weighted by molar-refractivity contribution is 8.12. The summed E-state index contributed by atoms with van der Waals surface area (Å²) in [5.41, 5.74) is 0.